The molecule has 1 heterocycles. The van der Waals surface area contributed by atoms with Crippen molar-refractivity contribution < 1.29 is 9.53 Å². The van der Waals surface area contributed by atoms with E-state index in [1.165, 1.54) is 19.9 Å². The van der Waals surface area contributed by atoms with E-state index in [0.717, 1.165) is 13.2 Å². The standard InChI is InChI=1S/C4H8O.C3H8N4O/c1-2-4-5-3-1;1-6-3(8)7-2(4)5/h1-4H2;1H3,(H5,4,5,6,7,8). The van der Waals surface area contributed by atoms with Crippen molar-refractivity contribution >= 4 is 12.0 Å². The van der Waals surface area contributed by atoms with Gasteiger partial charge in [-0.15, -0.1) is 0 Å². The summed E-state index contributed by atoms with van der Waals surface area (Å²) in [6.45, 7) is 2.00. The predicted octanol–water partition coefficient (Wildman–Crippen LogP) is -0.604. The predicted molar refractivity (Wildman–Crippen MR) is 50.3 cm³/mol. The molecule has 0 aromatic rings. The van der Waals surface area contributed by atoms with Crippen LogP contribution in [0.1, 0.15) is 12.8 Å². The largest absolute Gasteiger partial charge is 0.381 e. The number of urea groups is 1. The van der Waals surface area contributed by atoms with Gasteiger partial charge in [-0.2, -0.15) is 4.99 Å². The first-order valence-electron chi connectivity index (χ1n) is 4.06. The Labute approximate surface area is 77.3 Å². The van der Waals surface area contributed by atoms with E-state index < -0.39 is 6.03 Å². The number of nitrogens with two attached hydrogens (primary N) is 2. The lowest BCUT2D eigenvalue weighted by Gasteiger charge is -1.88. The number of nitrogens with zero attached hydrogens (tertiary/aromatic N) is 1. The minimum Gasteiger partial charge on any atom is -0.381 e. The van der Waals surface area contributed by atoms with Gasteiger partial charge in [0.05, 0.1) is 0 Å². The Kier molecular flexibility index (Phi) is 6.62. The number of rotatable bonds is 0. The number of hydrogen-bond acceptors (Lipinski definition) is 2. The lowest BCUT2D eigenvalue weighted by Crippen LogP contribution is -2.26. The van der Waals surface area contributed by atoms with Crippen LogP contribution in [0, 0.1) is 0 Å². The van der Waals surface area contributed by atoms with E-state index in [9.17, 15) is 4.79 Å². The number of carbonyl (C=O) groups excluding carboxylic acids is 1. The Morgan fingerprint density at radius 3 is 2.08 bits per heavy atom. The number of carbonyl (C=O) groups is 1. The van der Waals surface area contributed by atoms with Gasteiger partial charge in [-0.3, -0.25) is 0 Å². The van der Waals surface area contributed by atoms with Crippen LogP contribution >= 0.6 is 0 Å². The molecule has 1 saturated heterocycles. The molecule has 2 amide bonds. The van der Waals surface area contributed by atoms with Crippen molar-refractivity contribution in [2.24, 2.45) is 16.5 Å². The molecule has 0 atom stereocenters. The highest BCUT2D eigenvalue weighted by Crippen LogP contribution is 1.98. The van der Waals surface area contributed by atoms with Gasteiger partial charge >= 0.3 is 6.03 Å². The normalized spacial score (nSPS) is 13.9. The van der Waals surface area contributed by atoms with Gasteiger partial charge in [-0.05, 0) is 12.8 Å². The van der Waals surface area contributed by atoms with Crippen molar-refractivity contribution in [1.29, 1.82) is 0 Å². The molecule has 1 aliphatic heterocycles. The number of hydrogen-bond donors (Lipinski definition) is 3. The first-order valence-corrected chi connectivity index (χ1v) is 4.06. The number of nitrogens with one attached hydrogen (secondary N) is 1. The van der Waals surface area contributed by atoms with Crippen LogP contribution in [-0.4, -0.2) is 32.3 Å². The Balaban J connectivity index is 0.000000243. The second-order valence-corrected chi connectivity index (χ2v) is 2.41. The van der Waals surface area contributed by atoms with Gasteiger partial charge in [0.15, 0.2) is 5.96 Å². The molecule has 0 unspecified atom stereocenters. The molecule has 0 aliphatic carbocycles. The molecule has 76 valence electrons. The van der Waals surface area contributed by atoms with E-state index >= 15 is 0 Å². The van der Waals surface area contributed by atoms with Crippen molar-refractivity contribution in [3.63, 3.8) is 0 Å². The van der Waals surface area contributed by atoms with Gasteiger partial charge in [0.25, 0.3) is 0 Å². The van der Waals surface area contributed by atoms with Crippen LogP contribution in [0.3, 0.4) is 0 Å². The number of amides is 2. The molecule has 1 aliphatic rings. The molecule has 1 fully saturated rings. The lowest BCUT2D eigenvalue weighted by atomic mass is 10.4. The van der Waals surface area contributed by atoms with Gasteiger partial charge in [0.2, 0.25) is 0 Å². The monoisotopic (exact) mass is 188 g/mol. The Morgan fingerprint density at radius 1 is 1.38 bits per heavy atom. The summed E-state index contributed by atoms with van der Waals surface area (Å²) in [4.78, 5) is 13.3. The van der Waals surface area contributed by atoms with Crippen molar-refractivity contribution in [1.82, 2.24) is 5.32 Å². The second-order valence-electron chi connectivity index (χ2n) is 2.41. The van der Waals surface area contributed by atoms with Crippen molar-refractivity contribution in [3.8, 4) is 0 Å². The minimum atomic E-state index is -0.537. The quantitative estimate of drug-likeness (QED) is 0.348. The first-order chi connectivity index (χ1) is 6.16. The van der Waals surface area contributed by atoms with E-state index in [4.69, 9.17) is 16.2 Å². The summed E-state index contributed by atoms with van der Waals surface area (Å²) in [5.41, 5.74) is 9.67. The molecule has 0 aromatic heterocycles. The summed E-state index contributed by atoms with van der Waals surface area (Å²) in [6.07, 6.45) is 2.56. The fourth-order valence-corrected chi connectivity index (χ4v) is 0.683. The van der Waals surface area contributed by atoms with Crippen LogP contribution < -0.4 is 16.8 Å². The fourth-order valence-electron chi connectivity index (χ4n) is 0.683. The SMILES string of the molecule is C1CCOC1.CNC(=O)N=C(N)N. The van der Waals surface area contributed by atoms with Crippen LogP contribution in [-0.2, 0) is 4.74 Å². The molecule has 1 rings (SSSR count). The molecule has 0 aromatic carbocycles. The van der Waals surface area contributed by atoms with Crippen LogP contribution in [0.2, 0.25) is 0 Å². The smallest absolute Gasteiger partial charge is 0.343 e. The molecular formula is C7H16N4O2. The lowest BCUT2D eigenvalue weighted by molar-refractivity contribution is 0.198. The highest BCUT2D eigenvalue weighted by Gasteiger charge is 1.94. The molecule has 0 bridgehead atoms. The molecule has 0 saturated carbocycles. The van der Waals surface area contributed by atoms with E-state index in [1.54, 1.807) is 0 Å². The number of ether oxygens (including phenoxy) is 1. The number of aliphatic imine (C=N–C) groups is 1. The Bertz CT molecular complexity index is 166. The molecule has 5 N–H and O–H groups in total. The summed E-state index contributed by atoms with van der Waals surface area (Å²) < 4.78 is 4.94. The summed E-state index contributed by atoms with van der Waals surface area (Å²) in [6, 6.07) is -0.537. The summed E-state index contributed by atoms with van der Waals surface area (Å²) in [5.74, 6) is -0.232. The second kappa shape index (κ2) is 7.35. The van der Waals surface area contributed by atoms with Crippen LogP contribution in [0.15, 0.2) is 4.99 Å². The van der Waals surface area contributed by atoms with Crippen molar-refractivity contribution in [2.75, 3.05) is 20.3 Å². The maximum atomic E-state index is 10.2. The van der Waals surface area contributed by atoms with Crippen molar-refractivity contribution in [3.05, 3.63) is 0 Å². The summed E-state index contributed by atoms with van der Waals surface area (Å²) in [7, 11) is 1.44. The summed E-state index contributed by atoms with van der Waals surface area (Å²) in [5, 5.41) is 2.21. The van der Waals surface area contributed by atoms with Crippen LogP contribution in [0.5, 0.6) is 0 Å². The average Bonchev–Trinajstić information content (AvgIpc) is 2.59. The molecule has 0 spiro atoms. The van der Waals surface area contributed by atoms with Crippen LogP contribution in [0.4, 0.5) is 4.79 Å². The van der Waals surface area contributed by atoms with E-state index in [-0.39, 0.29) is 5.96 Å². The van der Waals surface area contributed by atoms with Gasteiger partial charge in [-0.25, -0.2) is 4.79 Å². The topological polar surface area (TPSA) is 103 Å². The first kappa shape index (κ1) is 11.7. The Morgan fingerprint density at radius 2 is 1.92 bits per heavy atom. The number of guanidine groups is 1. The van der Waals surface area contributed by atoms with E-state index in [0.29, 0.717) is 0 Å². The fraction of sp³-hybridized carbons (Fsp3) is 0.714. The minimum absolute atomic E-state index is 0.232. The average molecular weight is 188 g/mol. The van der Waals surface area contributed by atoms with Gasteiger partial charge in [0, 0.05) is 20.3 Å². The summed E-state index contributed by atoms with van der Waals surface area (Å²) >= 11 is 0. The van der Waals surface area contributed by atoms with Gasteiger partial charge in [0.1, 0.15) is 0 Å². The third kappa shape index (κ3) is 8.61. The third-order valence-corrected chi connectivity index (χ3v) is 1.27. The highest BCUT2D eigenvalue weighted by molar-refractivity contribution is 5.90. The molecule has 13 heavy (non-hydrogen) atoms. The molecule has 0 radical (unpaired) electrons. The molecule has 6 nitrogen and oxygen atoms in total. The zero-order valence-corrected chi connectivity index (χ0v) is 7.75. The maximum Gasteiger partial charge on any atom is 0.343 e. The van der Waals surface area contributed by atoms with Gasteiger partial charge < -0.3 is 21.5 Å². The zero-order valence-electron chi connectivity index (χ0n) is 7.75. The van der Waals surface area contributed by atoms with Crippen molar-refractivity contribution in [2.45, 2.75) is 12.8 Å². The van der Waals surface area contributed by atoms with Crippen LogP contribution in [0.25, 0.3) is 0 Å². The highest BCUT2D eigenvalue weighted by atomic mass is 16.5. The Hall–Kier alpha value is -1.30. The zero-order chi connectivity index (χ0) is 10.1. The molecule has 6 heteroatoms. The third-order valence-electron chi connectivity index (χ3n) is 1.27. The van der Waals surface area contributed by atoms with E-state index in [1.807, 2.05) is 0 Å². The maximum absolute atomic E-state index is 10.2. The van der Waals surface area contributed by atoms with Gasteiger partial charge in [-0.1, -0.05) is 0 Å². The van der Waals surface area contributed by atoms with E-state index in [2.05, 4.69) is 10.3 Å². The molecular weight excluding hydrogens is 172 g/mol.